The molecule has 0 radical (unpaired) electrons. The second-order valence-corrected chi connectivity index (χ2v) is 6.49. The van der Waals surface area contributed by atoms with Crippen molar-refractivity contribution in [3.63, 3.8) is 0 Å². The third-order valence-corrected chi connectivity index (χ3v) is 4.64. The molecular formula is C12H16F2N2O2S. The van der Waals surface area contributed by atoms with E-state index in [9.17, 15) is 17.2 Å². The number of sulfonamides is 1. The molecule has 7 heteroatoms. The molecule has 19 heavy (non-hydrogen) atoms. The molecule has 1 aliphatic carbocycles. The van der Waals surface area contributed by atoms with Crippen molar-refractivity contribution < 1.29 is 17.2 Å². The first-order valence-electron chi connectivity index (χ1n) is 6.15. The van der Waals surface area contributed by atoms with Crippen LogP contribution in [-0.4, -0.2) is 15.0 Å². The minimum Gasteiger partial charge on any atom is -0.394 e. The van der Waals surface area contributed by atoms with Gasteiger partial charge < -0.3 is 5.73 Å². The van der Waals surface area contributed by atoms with E-state index in [4.69, 9.17) is 5.73 Å². The van der Waals surface area contributed by atoms with Crippen LogP contribution in [0.25, 0.3) is 0 Å². The molecule has 0 atom stereocenters. The van der Waals surface area contributed by atoms with Crippen LogP contribution in [0.4, 0.5) is 14.5 Å². The Hall–Kier alpha value is -1.21. The molecule has 1 saturated carbocycles. The fourth-order valence-electron chi connectivity index (χ4n) is 1.84. The minimum absolute atomic E-state index is 0.246. The van der Waals surface area contributed by atoms with Crippen molar-refractivity contribution in [2.75, 3.05) is 12.3 Å². The van der Waals surface area contributed by atoms with Gasteiger partial charge in [-0.15, -0.1) is 0 Å². The van der Waals surface area contributed by atoms with Gasteiger partial charge in [0.15, 0.2) is 5.82 Å². The standard InChI is InChI=1S/C12H16F2N2O2S/c13-9-5-6-10(11(14)12(9)15)19(17,18)16-7-1-2-8-3-4-8/h5-6,8,16H,1-4,7,15H2. The zero-order chi connectivity index (χ0) is 14.0. The summed E-state index contributed by atoms with van der Waals surface area (Å²) < 4.78 is 52.6. The van der Waals surface area contributed by atoms with Crippen molar-refractivity contribution in [2.24, 2.45) is 5.92 Å². The molecule has 0 unspecified atom stereocenters. The smallest absolute Gasteiger partial charge is 0.243 e. The Bertz CT molecular complexity index is 571. The van der Waals surface area contributed by atoms with Crippen LogP contribution in [0.15, 0.2) is 17.0 Å². The van der Waals surface area contributed by atoms with E-state index in [0.717, 1.165) is 18.6 Å². The Balaban J connectivity index is 2.03. The monoisotopic (exact) mass is 290 g/mol. The van der Waals surface area contributed by atoms with Gasteiger partial charge in [-0.25, -0.2) is 21.9 Å². The lowest BCUT2D eigenvalue weighted by Crippen LogP contribution is -2.26. The summed E-state index contributed by atoms with van der Waals surface area (Å²) in [7, 11) is -3.98. The topological polar surface area (TPSA) is 72.2 Å². The molecule has 4 nitrogen and oxygen atoms in total. The highest BCUT2D eigenvalue weighted by molar-refractivity contribution is 7.89. The van der Waals surface area contributed by atoms with Crippen LogP contribution in [0.5, 0.6) is 0 Å². The Morgan fingerprint density at radius 2 is 2.00 bits per heavy atom. The lowest BCUT2D eigenvalue weighted by atomic mass is 10.2. The third-order valence-electron chi connectivity index (χ3n) is 3.16. The maximum Gasteiger partial charge on any atom is 0.243 e. The van der Waals surface area contributed by atoms with Gasteiger partial charge in [0, 0.05) is 6.54 Å². The number of halogens is 2. The van der Waals surface area contributed by atoms with Crippen LogP contribution in [0.3, 0.4) is 0 Å². The third kappa shape index (κ3) is 3.42. The Labute approximate surface area is 111 Å². The van der Waals surface area contributed by atoms with E-state index >= 15 is 0 Å². The van der Waals surface area contributed by atoms with Gasteiger partial charge in [-0.05, 0) is 30.9 Å². The molecule has 3 N–H and O–H groups in total. The van der Waals surface area contributed by atoms with Crippen molar-refractivity contribution in [1.82, 2.24) is 4.72 Å². The predicted octanol–water partition coefficient (Wildman–Crippen LogP) is 2.02. The summed E-state index contributed by atoms with van der Waals surface area (Å²) >= 11 is 0. The lowest BCUT2D eigenvalue weighted by molar-refractivity contribution is 0.544. The highest BCUT2D eigenvalue weighted by Gasteiger charge is 2.23. The number of nitrogens with two attached hydrogens (primary N) is 1. The van der Waals surface area contributed by atoms with Crippen molar-refractivity contribution in [3.8, 4) is 0 Å². The van der Waals surface area contributed by atoms with Crippen LogP contribution >= 0.6 is 0 Å². The van der Waals surface area contributed by atoms with Crippen LogP contribution in [0.2, 0.25) is 0 Å². The van der Waals surface area contributed by atoms with Gasteiger partial charge in [-0.1, -0.05) is 12.8 Å². The van der Waals surface area contributed by atoms with E-state index in [2.05, 4.69) is 4.72 Å². The molecule has 0 saturated heterocycles. The fraction of sp³-hybridized carbons (Fsp3) is 0.500. The second kappa shape index (κ2) is 5.42. The Kier molecular flexibility index (Phi) is 4.05. The molecule has 1 fully saturated rings. The van der Waals surface area contributed by atoms with Gasteiger partial charge in [-0.3, -0.25) is 0 Å². The van der Waals surface area contributed by atoms with Crippen LogP contribution in [0, 0.1) is 17.6 Å². The number of hydrogen-bond acceptors (Lipinski definition) is 3. The normalized spacial score (nSPS) is 15.7. The molecule has 0 bridgehead atoms. The van der Waals surface area contributed by atoms with Gasteiger partial charge in [0.05, 0.1) is 0 Å². The molecule has 0 spiro atoms. The second-order valence-electron chi connectivity index (χ2n) is 4.76. The molecule has 106 valence electrons. The number of nitrogen functional groups attached to an aromatic ring is 1. The number of benzene rings is 1. The summed E-state index contributed by atoms with van der Waals surface area (Å²) in [5.74, 6) is -1.50. The van der Waals surface area contributed by atoms with Gasteiger partial charge in [0.25, 0.3) is 0 Å². The maximum atomic E-state index is 13.6. The Morgan fingerprint density at radius 1 is 1.32 bits per heavy atom. The summed E-state index contributed by atoms with van der Waals surface area (Å²) in [6.45, 7) is 0.246. The largest absolute Gasteiger partial charge is 0.394 e. The number of rotatable bonds is 6. The SMILES string of the molecule is Nc1c(F)ccc(S(=O)(=O)NCCCC2CC2)c1F. The van der Waals surface area contributed by atoms with Crippen molar-refractivity contribution in [1.29, 1.82) is 0 Å². The first-order valence-corrected chi connectivity index (χ1v) is 7.63. The van der Waals surface area contributed by atoms with E-state index in [0.29, 0.717) is 12.3 Å². The fourth-order valence-corrected chi connectivity index (χ4v) is 3.00. The summed E-state index contributed by atoms with van der Waals surface area (Å²) in [5.41, 5.74) is 4.36. The van der Waals surface area contributed by atoms with Gasteiger partial charge in [0.1, 0.15) is 16.4 Å². The average molecular weight is 290 g/mol. The first-order chi connectivity index (χ1) is 8.92. The molecule has 0 heterocycles. The zero-order valence-electron chi connectivity index (χ0n) is 10.3. The number of hydrogen-bond donors (Lipinski definition) is 2. The van der Waals surface area contributed by atoms with E-state index in [1.54, 1.807) is 0 Å². The van der Waals surface area contributed by atoms with Crippen LogP contribution in [-0.2, 0) is 10.0 Å². The average Bonchev–Trinajstić information content (AvgIpc) is 3.15. The quantitative estimate of drug-likeness (QED) is 0.622. The molecule has 0 aliphatic heterocycles. The first kappa shape index (κ1) is 14.2. The van der Waals surface area contributed by atoms with Gasteiger partial charge in [-0.2, -0.15) is 0 Å². The van der Waals surface area contributed by atoms with E-state index in [1.165, 1.54) is 12.8 Å². The van der Waals surface area contributed by atoms with E-state index < -0.39 is 32.2 Å². The van der Waals surface area contributed by atoms with E-state index in [-0.39, 0.29) is 6.54 Å². The molecule has 1 aromatic rings. The summed E-state index contributed by atoms with van der Waals surface area (Å²) in [6.07, 6.45) is 4.09. The summed E-state index contributed by atoms with van der Waals surface area (Å²) in [4.78, 5) is -0.613. The molecule has 1 aromatic carbocycles. The zero-order valence-corrected chi connectivity index (χ0v) is 11.1. The lowest BCUT2D eigenvalue weighted by Gasteiger charge is -2.09. The highest BCUT2D eigenvalue weighted by Crippen LogP contribution is 2.33. The summed E-state index contributed by atoms with van der Waals surface area (Å²) in [6, 6.07) is 1.72. The molecule has 2 rings (SSSR count). The van der Waals surface area contributed by atoms with Gasteiger partial charge in [0.2, 0.25) is 10.0 Å². The van der Waals surface area contributed by atoms with Crippen molar-refractivity contribution in [3.05, 3.63) is 23.8 Å². The molecule has 0 aromatic heterocycles. The number of anilines is 1. The predicted molar refractivity (Wildman–Crippen MR) is 67.9 cm³/mol. The number of nitrogens with one attached hydrogen (secondary N) is 1. The maximum absolute atomic E-state index is 13.6. The molecule has 0 amide bonds. The van der Waals surface area contributed by atoms with Gasteiger partial charge >= 0.3 is 0 Å². The van der Waals surface area contributed by atoms with Crippen LogP contribution in [0.1, 0.15) is 25.7 Å². The summed E-state index contributed by atoms with van der Waals surface area (Å²) in [5, 5.41) is 0. The highest BCUT2D eigenvalue weighted by atomic mass is 32.2. The van der Waals surface area contributed by atoms with Crippen molar-refractivity contribution >= 4 is 15.7 Å². The van der Waals surface area contributed by atoms with Crippen LogP contribution < -0.4 is 10.5 Å². The van der Waals surface area contributed by atoms with E-state index in [1.807, 2.05) is 0 Å². The molecule has 1 aliphatic rings. The van der Waals surface area contributed by atoms with Crippen molar-refractivity contribution in [2.45, 2.75) is 30.6 Å². The Morgan fingerprint density at radius 3 is 2.63 bits per heavy atom. The molecular weight excluding hydrogens is 274 g/mol. The minimum atomic E-state index is -3.98.